The fourth-order valence-corrected chi connectivity index (χ4v) is 1.59. The minimum Gasteiger partial charge on any atom is -0.464 e. The molecule has 20 heavy (non-hydrogen) atoms. The van der Waals surface area contributed by atoms with E-state index in [4.69, 9.17) is 14.9 Å². The topological polar surface area (TPSA) is 90.7 Å². The maximum Gasteiger partial charge on any atom is 0.319 e. The molecule has 1 aromatic heterocycles. The summed E-state index contributed by atoms with van der Waals surface area (Å²) in [6, 6.07) is 9.23. The van der Waals surface area contributed by atoms with Crippen molar-refractivity contribution in [1.82, 2.24) is 4.98 Å². The molecule has 2 rings (SSSR count). The van der Waals surface area contributed by atoms with Crippen molar-refractivity contribution in [1.29, 1.82) is 0 Å². The zero-order valence-corrected chi connectivity index (χ0v) is 11.3. The summed E-state index contributed by atoms with van der Waals surface area (Å²) < 4.78 is 10.8. The molecule has 0 bridgehead atoms. The van der Waals surface area contributed by atoms with Crippen molar-refractivity contribution in [3.05, 3.63) is 36.0 Å². The van der Waals surface area contributed by atoms with Crippen LogP contribution in [-0.2, 0) is 0 Å². The van der Waals surface area contributed by atoms with E-state index in [1.807, 2.05) is 30.3 Å². The molecule has 0 fully saturated rings. The number of aliphatic imine (C=N–C) groups is 1. The summed E-state index contributed by atoms with van der Waals surface area (Å²) in [6.07, 6.45) is 0. The molecule has 2 aromatic rings. The van der Waals surface area contributed by atoms with Gasteiger partial charge in [-0.3, -0.25) is 4.79 Å². The Bertz CT molecular complexity index is 628. The second-order valence-corrected chi connectivity index (χ2v) is 4.01. The van der Waals surface area contributed by atoms with Gasteiger partial charge in [0.25, 0.3) is 0 Å². The van der Waals surface area contributed by atoms with E-state index in [-0.39, 0.29) is 17.5 Å². The van der Waals surface area contributed by atoms with Gasteiger partial charge in [-0.1, -0.05) is 18.2 Å². The van der Waals surface area contributed by atoms with Gasteiger partial charge in [0, 0.05) is 5.56 Å². The number of ether oxygens (including phenoxy) is 1. The third-order valence-electron chi connectivity index (χ3n) is 2.37. The molecule has 0 saturated heterocycles. The van der Waals surface area contributed by atoms with Gasteiger partial charge in [-0.05, 0) is 26.0 Å². The molecule has 1 heterocycles. The van der Waals surface area contributed by atoms with Crippen LogP contribution in [0.5, 0.6) is 5.95 Å². The maximum absolute atomic E-state index is 11.9. The number of amidine groups is 1. The quantitative estimate of drug-likeness (QED) is 0.681. The van der Waals surface area contributed by atoms with Crippen LogP contribution in [0.25, 0.3) is 11.5 Å². The van der Waals surface area contributed by atoms with E-state index >= 15 is 0 Å². The number of carbonyl (C=O) groups excluding carboxylic acids is 1. The summed E-state index contributed by atoms with van der Waals surface area (Å²) in [5, 5.41) is 0. The monoisotopic (exact) mass is 273 g/mol. The van der Waals surface area contributed by atoms with Crippen molar-refractivity contribution < 1.29 is 13.9 Å². The lowest BCUT2D eigenvalue weighted by Crippen LogP contribution is -2.10. The van der Waals surface area contributed by atoms with E-state index in [0.717, 1.165) is 5.56 Å². The van der Waals surface area contributed by atoms with E-state index in [0.29, 0.717) is 12.5 Å². The maximum atomic E-state index is 11.9. The lowest BCUT2D eigenvalue weighted by molar-refractivity contribution is 0.0992. The standard InChI is InChI=1S/C14H15N3O3/c1-3-19-14-11(12(18)16-9(2)15)17-13(20-14)10-7-5-4-6-8-10/h4-8H,3H2,1-2H3,(H2,15,16,18). The number of hydrogen-bond donors (Lipinski definition) is 1. The predicted octanol–water partition coefficient (Wildman–Crippen LogP) is 2.26. The number of carbonyl (C=O) groups is 1. The molecular formula is C14H15N3O3. The first-order valence-electron chi connectivity index (χ1n) is 6.16. The highest BCUT2D eigenvalue weighted by Gasteiger charge is 2.22. The van der Waals surface area contributed by atoms with Crippen molar-refractivity contribution in [2.24, 2.45) is 10.7 Å². The molecule has 6 nitrogen and oxygen atoms in total. The highest BCUT2D eigenvalue weighted by atomic mass is 16.6. The Balaban J connectivity index is 2.43. The van der Waals surface area contributed by atoms with Crippen LogP contribution in [0.3, 0.4) is 0 Å². The number of nitrogens with zero attached hydrogens (tertiary/aromatic N) is 2. The van der Waals surface area contributed by atoms with Crippen LogP contribution < -0.4 is 10.5 Å². The van der Waals surface area contributed by atoms with Crippen molar-refractivity contribution in [2.45, 2.75) is 13.8 Å². The van der Waals surface area contributed by atoms with Crippen LogP contribution in [0.1, 0.15) is 24.3 Å². The Morgan fingerprint density at radius 2 is 2.10 bits per heavy atom. The van der Waals surface area contributed by atoms with E-state index in [2.05, 4.69) is 9.98 Å². The Morgan fingerprint density at radius 3 is 2.70 bits per heavy atom. The summed E-state index contributed by atoms with van der Waals surface area (Å²) in [5.74, 6) is -0.0651. The number of oxazole rings is 1. The molecule has 104 valence electrons. The molecule has 2 N–H and O–H groups in total. The van der Waals surface area contributed by atoms with Gasteiger partial charge < -0.3 is 14.9 Å². The molecule has 0 spiro atoms. The second-order valence-electron chi connectivity index (χ2n) is 4.01. The van der Waals surface area contributed by atoms with E-state index in [9.17, 15) is 4.79 Å². The molecular weight excluding hydrogens is 258 g/mol. The first kappa shape index (κ1) is 13.8. The minimum absolute atomic E-state index is 0.0236. The molecule has 0 aliphatic carbocycles. The third kappa shape index (κ3) is 3.03. The number of hydrogen-bond acceptors (Lipinski definition) is 4. The van der Waals surface area contributed by atoms with Crippen molar-refractivity contribution in [3.63, 3.8) is 0 Å². The molecule has 0 aliphatic rings. The Hall–Kier alpha value is -2.63. The van der Waals surface area contributed by atoms with Crippen LogP contribution in [0.15, 0.2) is 39.7 Å². The van der Waals surface area contributed by atoms with Gasteiger partial charge in [0.15, 0.2) is 0 Å². The zero-order chi connectivity index (χ0) is 14.5. The number of benzene rings is 1. The number of nitrogens with two attached hydrogens (primary N) is 1. The van der Waals surface area contributed by atoms with Crippen LogP contribution in [0, 0.1) is 0 Å². The smallest absolute Gasteiger partial charge is 0.319 e. The molecule has 0 unspecified atom stereocenters. The minimum atomic E-state index is -0.584. The Kier molecular flexibility index (Phi) is 4.14. The summed E-state index contributed by atoms with van der Waals surface area (Å²) >= 11 is 0. The van der Waals surface area contributed by atoms with Crippen molar-refractivity contribution in [2.75, 3.05) is 6.61 Å². The summed E-state index contributed by atoms with van der Waals surface area (Å²) in [6.45, 7) is 3.67. The van der Waals surface area contributed by atoms with Crippen LogP contribution in [-0.4, -0.2) is 23.3 Å². The predicted molar refractivity (Wildman–Crippen MR) is 74.7 cm³/mol. The third-order valence-corrected chi connectivity index (χ3v) is 2.37. The second kappa shape index (κ2) is 6.01. The molecule has 0 atom stereocenters. The number of aromatic nitrogens is 1. The SMILES string of the molecule is CCOc1oc(-c2ccccc2)nc1C(=O)N=C(C)N. The van der Waals surface area contributed by atoms with E-state index in [1.54, 1.807) is 6.92 Å². The van der Waals surface area contributed by atoms with Crippen molar-refractivity contribution >= 4 is 11.7 Å². The van der Waals surface area contributed by atoms with Crippen LogP contribution in [0.4, 0.5) is 0 Å². The highest BCUT2D eigenvalue weighted by Crippen LogP contribution is 2.27. The van der Waals surface area contributed by atoms with Gasteiger partial charge in [0.05, 0.1) is 6.61 Å². The average molecular weight is 273 g/mol. The largest absolute Gasteiger partial charge is 0.464 e. The highest BCUT2D eigenvalue weighted by molar-refractivity contribution is 6.02. The molecule has 0 radical (unpaired) electrons. The van der Waals surface area contributed by atoms with Gasteiger partial charge in [-0.2, -0.15) is 9.98 Å². The first-order chi connectivity index (χ1) is 9.61. The summed E-state index contributed by atoms with van der Waals surface area (Å²) in [7, 11) is 0. The fourth-order valence-electron chi connectivity index (χ4n) is 1.59. The summed E-state index contributed by atoms with van der Waals surface area (Å²) in [4.78, 5) is 19.7. The van der Waals surface area contributed by atoms with Gasteiger partial charge in [0.1, 0.15) is 5.84 Å². The van der Waals surface area contributed by atoms with Crippen molar-refractivity contribution in [3.8, 4) is 17.4 Å². The van der Waals surface area contributed by atoms with E-state index < -0.39 is 5.91 Å². The Morgan fingerprint density at radius 1 is 1.40 bits per heavy atom. The average Bonchev–Trinajstić information content (AvgIpc) is 2.83. The van der Waals surface area contributed by atoms with Gasteiger partial charge >= 0.3 is 11.9 Å². The number of rotatable bonds is 4. The van der Waals surface area contributed by atoms with E-state index in [1.165, 1.54) is 6.92 Å². The Labute approximate surface area is 116 Å². The molecule has 0 aliphatic heterocycles. The lowest BCUT2D eigenvalue weighted by atomic mass is 10.2. The van der Waals surface area contributed by atoms with Gasteiger partial charge in [-0.25, -0.2) is 0 Å². The number of amides is 1. The zero-order valence-electron chi connectivity index (χ0n) is 11.3. The van der Waals surface area contributed by atoms with Crippen LogP contribution in [0.2, 0.25) is 0 Å². The molecule has 1 amide bonds. The first-order valence-corrected chi connectivity index (χ1v) is 6.16. The summed E-state index contributed by atoms with van der Waals surface area (Å²) in [5.41, 5.74) is 6.18. The fraction of sp³-hybridized carbons (Fsp3) is 0.214. The van der Waals surface area contributed by atoms with Gasteiger partial charge in [-0.15, -0.1) is 0 Å². The normalized spacial score (nSPS) is 11.4. The molecule has 0 saturated carbocycles. The lowest BCUT2D eigenvalue weighted by Gasteiger charge is -1.98. The van der Waals surface area contributed by atoms with Gasteiger partial charge in [0.2, 0.25) is 11.6 Å². The molecule has 1 aromatic carbocycles. The van der Waals surface area contributed by atoms with Crippen LogP contribution >= 0.6 is 0 Å². The molecule has 6 heteroatoms.